The van der Waals surface area contributed by atoms with Crippen LogP contribution in [0.15, 0.2) is 24.3 Å². The predicted octanol–water partition coefficient (Wildman–Crippen LogP) is 4.19. The highest BCUT2D eigenvalue weighted by molar-refractivity contribution is 7.18. The van der Waals surface area contributed by atoms with Gasteiger partial charge >= 0.3 is 6.18 Å². The average Bonchev–Trinajstić information content (AvgIpc) is 3.04. The van der Waals surface area contributed by atoms with E-state index in [-0.39, 0.29) is 41.3 Å². The first-order valence-corrected chi connectivity index (χ1v) is 10.0. The summed E-state index contributed by atoms with van der Waals surface area (Å²) in [7, 11) is 0. The number of benzene rings is 1. The Bertz CT molecular complexity index is 1200. The van der Waals surface area contributed by atoms with Crippen LogP contribution in [0.4, 0.5) is 29.1 Å². The summed E-state index contributed by atoms with van der Waals surface area (Å²) in [5.41, 5.74) is 4.42. The second-order valence-electron chi connectivity index (χ2n) is 7.08. The molecule has 1 aliphatic rings. The second kappa shape index (κ2) is 7.49. The summed E-state index contributed by atoms with van der Waals surface area (Å²) in [6.07, 6.45) is -4.67. The van der Waals surface area contributed by atoms with Crippen molar-refractivity contribution in [1.29, 1.82) is 0 Å². The zero-order chi connectivity index (χ0) is 22.5. The van der Waals surface area contributed by atoms with Crippen molar-refractivity contribution in [3.8, 4) is 0 Å². The van der Waals surface area contributed by atoms with Gasteiger partial charge in [-0.3, -0.25) is 9.59 Å². The molecular weight excluding hydrogens is 436 g/mol. The van der Waals surface area contributed by atoms with Crippen LogP contribution in [0.5, 0.6) is 0 Å². The van der Waals surface area contributed by atoms with Gasteiger partial charge in [0.1, 0.15) is 16.5 Å². The van der Waals surface area contributed by atoms with Crippen LogP contribution in [0.2, 0.25) is 0 Å². The quantitative estimate of drug-likeness (QED) is 0.571. The van der Waals surface area contributed by atoms with E-state index in [1.54, 1.807) is 0 Å². The number of rotatable bonds is 2. The van der Waals surface area contributed by atoms with Crippen molar-refractivity contribution < 1.29 is 27.2 Å². The molecule has 3 N–H and O–H groups in total. The molecule has 1 aliphatic heterocycles. The number of amides is 2. The molecule has 0 fully saturated rings. The fourth-order valence-corrected chi connectivity index (χ4v) is 4.91. The molecule has 4 rings (SSSR count). The van der Waals surface area contributed by atoms with E-state index in [0.29, 0.717) is 10.4 Å². The third-order valence-corrected chi connectivity index (χ3v) is 6.19. The molecule has 0 unspecified atom stereocenters. The van der Waals surface area contributed by atoms with Gasteiger partial charge in [-0.15, -0.1) is 11.3 Å². The number of carbonyl (C=O) groups excluding carboxylic acids is 2. The van der Waals surface area contributed by atoms with Crippen LogP contribution < -0.4 is 11.1 Å². The number of fused-ring (bicyclic) bond motifs is 3. The van der Waals surface area contributed by atoms with Crippen LogP contribution in [0, 0.1) is 5.82 Å². The number of alkyl halides is 3. The summed E-state index contributed by atoms with van der Waals surface area (Å²) in [6, 6.07) is 4.60. The van der Waals surface area contributed by atoms with E-state index in [1.807, 2.05) is 0 Å². The zero-order valence-corrected chi connectivity index (χ0v) is 17.0. The van der Waals surface area contributed by atoms with Crippen molar-refractivity contribution in [3.63, 3.8) is 0 Å². The lowest BCUT2D eigenvalue weighted by Crippen LogP contribution is -2.33. The molecule has 3 aromatic rings. The van der Waals surface area contributed by atoms with Gasteiger partial charge in [-0.05, 0) is 36.2 Å². The molecule has 0 atom stereocenters. The Morgan fingerprint density at radius 1 is 1.23 bits per heavy atom. The molecule has 6 nitrogen and oxygen atoms in total. The Morgan fingerprint density at radius 3 is 2.52 bits per heavy atom. The largest absolute Gasteiger partial charge is 0.418 e. The van der Waals surface area contributed by atoms with Gasteiger partial charge in [0, 0.05) is 29.4 Å². The molecular formula is C20H16F4N4O2S. The Hall–Kier alpha value is -3.21. The van der Waals surface area contributed by atoms with Crippen LogP contribution in [0.25, 0.3) is 10.2 Å². The monoisotopic (exact) mass is 452 g/mol. The van der Waals surface area contributed by atoms with E-state index in [0.717, 1.165) is 23.5 Å². The topological polar surface area (TPSA) is 88.3 Å². The molecule has 0 saturated carbocycles. The molecule has 3 heterocycles. The number of carbonyl (C=O) groups is 2. The van der Waals surface area contributed by atoms with E-state index in [9.17, 15) is 27.2 Å². The van der Waals surface area contributed by atoms with E-state index in [1.165, 1.54) is 24.0 Å². The summed E-state index contributed by atoms with van der Waals surface area (Å²) in [5, 5.41) is 2.16. The molecule has 0 radical (unpaired) electrons. The van der Waals surface area contributed by atoms with Crippen molar-refractivity contribution >= 4 is 44.9 Å². The first-order chi connectivity index (χ1) is 14.6. The predicted molar refractivity (Wildman–Crippen MR) is 108 cm³/mol. The van der Waals surface area contributed by atoms with E-state index in [4.69, 9.17) is 5.73 Å². The highest BCUT2D eigenvalue weighted by atomic mass is 32.1. The van der Waals surface area contributed by atoms with Crippen molar-refractivity contribution in [2.45, 2.75) is 26.1 Å². The van der Waals surface area contributed by atoms with E-state index in [2.05, 4.69) is 10.3 Å². The maximum atomic E-state index is 14.2. The first-order valence-electron chi connectivity index (χ1n) is 9.19. The molecule has 0 aliphatic carbocycles. The molecule has 0 saturated heterocycles. The SMILES string of the molecule is CC(=O)N1CCc2c(sc3nc(N)c(C(=O)Nc4ccc(F)cc4)c(C(F)(F)F)c23)C1. The van der Waals surface area contributed by atoms with Crippen molar-refractivity contribution in [3.05, 3.63) is 51.7 Å². The lowest BCUT2D eigenvalue weighted by atomic mass is 9.97. The molecule has 31 heavy (non-hydrogen) atoms. The first kappa shape index (κ1) is 21.0. The van der Waals surface area contributed by atoms with Gasteiger partial charge < -0.3 is 16.0 Å². The number of thiophene rings is 1. The highest BCUT2D eigenvalue weighted by Crippen LogP contribution is 2.45. The van der Waals surface area contributed by atoms with Crippen molar-refractivity contribution in [1.82, 2.24) is 9.88 Å². The minimum absolute atomic E-state index is 0.0681. The normalized spacial score (nSPS) is 13.9. The smallest absolute Gasteiger partial charge is 0.383 e. The Kier molecular flexibility index (Phi) is 5.08. The minimum atomic E-state index is -4.88. The standard InChI is InChI=1S/C20H16F4N4O2S/c1-9(29)28-7-6-12-13(8-28)31-19-14(12)16(20(22,23)24)15(17(25)27-19)18(30)26-11-4-2-10(21)3-5-11/h2-5H,6-8H2,1H3,(H2,25,27)(H,26,30). The molecule has 2 aromatic heterocycles. The van der Waals surface area contributed by atoms with Crippen LogP contribution in [0.3, 0.4) is 0 Å². The van der Waals surface area contributed by atoms with E-state index < -0.39 is 34.8 Å². The van der Waals surface area contributed by atoms with Gasteiger partial charge in [-0.2, -0.15) is 13.2 Å². The van der Waals surface area contributed by atoms with Crippen LogP contribution >= 0.6 is 11.3 Å². The number of nitrogen functional groups attached to an aromatic ring is 1. The van der Waals surface area contributed by atoms with Crippen molar-refractivity contribution in [2.75, 3.05) is 17.6 Å². The number of halogens is 4. The fraction of sp³-hybridized carbons (Fsp3) is 0.250. The Morgan fingerprint density at radius 2 is 1.90 bits per heavy atom. The maximum Gasteiger partial charge on any atom is 0.418 e. The lowest BCUT2D eigenvalue weighted by molar-refractivity contribution is -0.136. The zero-order valence-electron chi connectivity index (χ0n) is 16.1. The number of nitrogens with zero attached hydrogens (tertiary/aromatic N) is 2. The summed E-state index contributed by atoms with van der Waals surface area (Å²) in [5.74, 6) is -2.37. The molecule has 0 spiro atoms. The van der Waals surface area contributed by atoms with Crippen LogP contribution in [-0.2, 0) is 23.9 Å². The molecule has 11 heteroatoms. The molecule has 1 aromatic carbocycles. The number of hydrogen-bond donors (Lipinski definition) is 2. The highest BCUT2D eigenvalue weighted by Gasteiger charge is 2.41. The van der Waals surface area contributed by atoms with Gasteiger partial charge in [0.25, 0.3) is 5.91 Å². The van der Waals surface area contributed by atoms with E-state index >= 15 is 0 Å². The number of nitrogens with one attached hydrogen (secondary N) is 1. The third kappa shape index (κ3) is 3.80. The van der Waals surface area contributed by atoms with Gasteiger partial charge in [-0.1, -0.05) is 0 Å². The average molecular weight is 452 g/mol. The summed E-state index contributed by atoms with van der Waals surface area (Å²) in [6.45, 7) is 1.85. The van der Waals surface area contributed by atoms with Gasteiger partial charge in [0.2, 0.25) is 5.91 Å². The summed E-state index contributed by atoms with van der Waals surface area (Å²) >= 11 is 1.03. The lowest BCUT2D eigenvalue weighted by Gasteiger charge is -2.26. The Balaban J connectivity index is 1.87. The second-order valence-corrected chi connectivity index (χ2v) is 8.16. The van der Waals surface area contributed by atoms with Crippen molar-refractivity contribution in [2.24, 2.45) is 0 Å². The molecule has 2 amide bonds. The van der Waals surface area contributed by atoms with Gasteiger partial charge in [-0.25, -0.2) is 9.37 Å². The Labute approximate surface area is 177 Å². The number of nitrogens with two attached hydrogens (primary N) is 1. The minimum Gasteiger partial charge on any atom is -0.383 e. The summed E-state index contributed by atoms with van der Waals surface area (Å²) in [4.78, 5) is 30.7. The third-order valence-electron chi connectivity index (χ3n) is 5.07. The number of aromatic nitrogens is 1. The van der Waals surface area contributed by atoms with Crippen LogP contribution in [0.1, 0.15) is 33.3 Å². The maximum absolute atomic E-state index is 14.2. The molecule has 162 valence electrons. The number of hydrogen-bond acceptors (Lipinski definition) is 5. The van der Waals surface area contributed by atoms with Crippen LogP contribution in [-0.4, -0.2) is 28.2 Å². The summed E-state index contributed by atoms with van der Waals surface area (Å²) < 4.78 is 55.7. The van der Waals surface area contributed by atoms with Gasteiger partial charge in [0.15, 0.2) is 0 Å². The fourth-order valence-electron chi connectivity index (χ4n) is 3.65. The molecule has 0 bridgehead atoms. The number of pyridine rings is 1. The number of anilines is 2. The van der Waals surface area contributed by atoms with Gasteiger partial charge in [0.05, 0.1) is 17.7 Å².